The van der Waals surface area contributed by atoms with Gasteiger partial charge >= 0.3 is 0 Å². The monoisotopic (exact) mass is 230 g/mol. The van der Waals surface area contributed by atoms with Crippen LogP contribution in [0, 0.1) is 5.92 Å². The molecule has 0 aromatic carbocycles. The van der Waals surface area contributed by atoms with Crippen molar-refractivity contribution in [2.75, 3.05) is 39.9 Å². The second-order valence-electron chi connectivity index (χ2n) is 5.27. The summed E-state index contributed by atoms with van der Waals surface area (Å²) in [6, 6.07) is 0. The molecule has 1 aliphatic carbocycles. The predicted molar refractivity (Wildman–Crippen MR) is 65.3 cm³/mol. The number of hydrogen-bond acceptors (Lipinski definition) is 4. The van der Waals surface area contributed by atoms with Crippen molar-refractivity contribution < 1.29 is 9.84 Å². The molecule has 1 atom stereocenters. The number of nitrogens with two attached hydrogens (primary N) is 1. The summed E-state index contributed by atoms with van der Waals surface area (Å²) in [6.07, 6.45) is 3.40. The minimum Gasteiger partial charge on any atom is -0.389 e. The normalized spacial score (nSPS) is 20.1. The van der Waals surface area contributed by atoms with Gasteiger partial charge in [0.1, 0.15) is 0 Å². The third-order valence-corrected chi connectivity index (χ3v) is 3.14. The van der Waals surface area contributed by atoms with Crippen LogP contribution in [-0.2, 0) is 4.74 Å². The van der Waals surface area contributed by atoms with Crippen LogP contribution in [0.4, 0.5) is 0 Å². The van der Waals surface area contributed by atoms with Gasteiger partial charge in [0.05, 0.1) is 12.2 Å². The fraction of sp³-hybridized carbons (Fsp3) is 1.00. The molecule has 1 fully saturated rings. The zero-order valence-electron chi connectivity index (χ0n) is 10.6. The summed E-state index contributed by atoms with van der Waals surface area (Å²) in [4.78, 5) is 2.18. The molecule has 0 radical (unpaired) electrons. The Bertz CT molecular complexity index is 193. The van der Waals surface area contributed by atoms with Crippen LogP contribution in [0.25, 0.3) is 0 Å². The van der Waals surface area contributed by atoms with Crippen LogP contribution in [0.1, 0.15) is 26.2 Å². The third-order valence-electron chi connectivity index (χ3n) is 3.14. The molecule has 0 amide bonds. The number of nitrogens with zero attached hydrogens (tertiary/aromatic N) is 1. The molecule has 0 bridgehead atoms. The van der Waals surface area contributed by atoms with Gasteiger partial charge in [-0.1, -0.05) is 0 Å². The largest absolute Gasteiger partial charge is 0.389 e. The Morgan fingerprint density at radius 3 is 2.69 bits per heavy atom. The predicted octanol–water partition coefficient (Wildman–Crippen LogP) is 0.445. The highest BCUT2D eigenvalue weighted by Gasteiger charge is 2.21. The van der Waals surface area contributed by atoms with Crippen LogP contribution < -0.4 is 5.73 Å². The van der Waals surface area contributed by atoms with Crippen molar-refractivity contribution in [3.8, 4) is 0 Å². The molecule has 0 saturated heterocycles. The van der Waals surface area contributed by atoms with Crippen molar-refractivity contribution in [3.05, 3.63) is 0 Å². The van der Waals surface area contributed by atoms with Gasteiger partial charge < -0.3 is 20.5 Å². The lowest BCUT2D eigenvalue weighted by Crippen LogP contribution is -2.38. The minimum absolute atomic E-state index is 0.318. The Kier molecular flexibility index (Phi) is 5.69. The van der Waals surface area contributed by atoms with Gasteiger partial charge in [0, 0.05) is 26.2 Å². The van der Waals surface area contributed by atoms with E-state index in [1.165, 1.54) is 12.8 Å². The molecule has 0 aliphatic heterocycles. The molecule has 16 heavy (non-hydrogen) atoms. The third kappa shape index (κ3) is 6.43. The van der Waals surface area contributed by atoms with Crippen LogP contribution >= 0.6 is 0 Å². The molecule has 0 heterocycles. The van der Waals surface area contributed by atoms with E-state index in [0.717, 1.165) is 32.2 Å². The molecule has 0 aromatic rings. The maximum atomic E-state index is 9.74. The maximum Gasteiger partial charge on any atom is 0.0753 e. The zero-order valence-corrected chi connectivity index (χ0v) is 10.6. The Morgan fingerprint density at radius 1 is 1.44 bits per heavy atom. The summed E-state index contributed by atoms with van der Waals surface area (Å²) in [5.74, 6) is 0.836. The van der Waals surface area contributed by atoms with E-state index in [1.807, 2.05) is 7.05 Å². The topological polar surface area (TPSA) is 58.7 Å². The van der Waals surface area contributed by atoms with Gasteiger partial charge in [0.15, 0.2) is 0 Å². The molecule has 4 nitrogen and oxygen atoms in total. The van der Waals surface area contributed by atoms with E-state index in [0.29, 0.717) is 13.0 Å². The van der Waals surface area contributed by atoms with E-state index in [9.17, 15) is 5.11 Å². The lowest BCUT2D eigenvalue weighted by Gasteiger charge is -2.24. The first-order valence-corrected chi connectivity index (χ1v) is 6.22. The first-order chi connectivity index (χ1) is 7.53. The molecule has 0 aromatic heterocycles. The van der Waals surface area contributed by atoms with Crippen molar-refractivity contribution in [2.24, 2.45) is 11.7 Å². The summed E-state index contributed by atoms with van der Waals surface area (Å²) >= 11 is 0. The molecular formula is C12H26N2O2. The van der Waals surface area contributed by atoms with E-state index >= 15 is 0 Å². The summed E-state index contributed by atoms with van der Waals surface area (Å²) < 4.78 is 5.56. The summed E-state index contributed by atoms with van der Waals surface area (Å²) in [7, 11) is 2.05. The quantitative estimate of drug-likeness (QED) is 0.565. The fourth-order valence-electron chi connectivity index (χ4n) is 1.40. The zero-order chi connectivity index (χ0) is 12.0. The highest BCUT2D eigenvalue weighted by Crippen LogP contribution is 2.28. The molecule has 0 spiro atoms. The van der Waals surface area contributed by atoms with Gasteiger partial charge in [-0.25, -0.2) is 0 Å². The highest BCUT2D eigenvalue weighted by molar-refractivity contribution is 4.74. The van der Waals surface area contributed by atoms with Gasteiger partial charge in [0.2, 0.25) is 0 Å². The first kappa shape index (κ1) is 13.9. The molecule has 1 aliphatic rings. The van der Waals surface area contributed by atoms with E-state index in [1.54, 1.807) is 6.92 Å². The molecular weight excluding hydrogens is 204 g/mol. The fourth-order valence-corrected chi connectivity index (χ4v) is 1.40. The smallest absolute Gasteiger partial charge is 0.0753 e. The van der Waals surface area contributed by atoms with E-state index < -0.39 is 5.60 Å². The standard InChI is InChI=1S/C12H26N2O2/c1-12(15,10-13)5-6-14(2)7-8-16-9-11-3-4-11/h11,15H,3-10,13H2,1-2H3. The second kappa shape index (κ2) is 6.55. The summed E-state index contributed by atoms with van der Waals surface area (Å²) in [6.45, 7) is 5.60. The second-order valence-corrected chi connectivity index (χ2v) is 5.27. The number of aliphatic hydroxyl groups is 1. The van der Waals surface area contributed by atoms with Crippen LogP contribution in [0.3, 0.4) is 0 Å². The number of ether oxygens (including phenoxy) is 1. The highest BCUT2D eigenvalue weighted by atomic mass is 16.5. The number of likely N-dealkylation sites (N-methyl/N-ethyl adjacent to an activating group) is 1. The summed E-state index contributed by atoms with van der Waals surface area (Å²) in [5, 5.41) is 9.74. The Balaban J connectivity index is 1.94. The molecule has 1 unspecified atom stereocenters. The average Bonchev–Trinajstić information content (AvgIpc) is 3.06. The van der Waals surface area contributed by atoms with Gasteiger partial charge in [-0.3, -0.25) is 0 Å². The molecule has 1 saturated carbocycles. The molecule has 4 heteroatoms. The summed E-state index contributed by atoms with van der Waals surface area (Å²) in [5.41, 5.74) is 4.73. The van der Waals surface area contributed by atoms with Crippen LogP contribution in [-0.4, -0.2) is 55.5 Å². The van der Waals surface area contributed by atoms with Crippen molar-refractivity contribution in [1.82, 2.24) is 4.90 Å². The number of hydrogen-bond donors (Lipinski definition) is 2. The van der Waals surface area contributed by atoms with E-state index in [4.69, 9.17) is 10.5 Å². The van der Waals surface area contributed by atoms with Gasteiger partial charge in [-0.05, 0) is 39.2 Å². The molecule has 3 N–H and O–H groups in total. The maximum absolute atomic E-state index is 9.74. The lowest BCUT2D eigenvalue weighted by molar-refractivity contribution is 0.0446. The first-order valence-electron chi connectivity index (χ1n) is 6.22. The average molecular weight is 230 g/mol. The van der Waals surface area contributed by atoms with Crippen LogP contribution in [0.5, 0.6) is 0 Å². The Hall–Kier alpha value is -0.160. The van der Waals surface area contributed by atoms with Gasteiger partial charge in [0.25, 0.3) is 0 Å². The van der Waals surface area contributed by atoms with Gasteiger partial charge in [-0.15, -0.1) is 0 Å². The van der Waals surface area contributed by atoms with Crippen molar-refractivity contribution in [1.29, 1.82) is 0 Å². The van der Waals surface area contributed by atoms with Crippen molar-refractivity contribution in [2.45, 2.75) is 31.8 Å². The van der Waals surface area contributed by atoms with Crippen molar-refractivity contribution >= 4 is 0 Å². The molecule has 96 valence electrons. The lowest BCUT2D eigenvalue weighted by atomic mass is 10.0. The minimum atomic E-state index is -0.733. The number of rotatable bonds is 9. The van der Waals surface area contributed by atoms with Crippen molar-refractivity contribution in [3.63, 3.8) is 0 Å². The Labute approximate surface area is 98.8 Å². The van der Waals surface area contributed by atoms with E-state index in [2.05, 4.69) is 4.90 Å². The van der Waals surface area contributed by atoms with Gasteiger partial charge in [-0.2, -0.15) is 0 Å². The van der Waals surface area contributed by atoms with Crippen LogP contribution in [0.15, 0.2) is 0 Å². The van der Waals surface area contributed by atoms with Crippen LogP contribution in [0.2, 0.25) is 0 Å². The van der Waals surface area contributed by atoms with E-state index in [-0.39, 0.29) is 0 Å². The molecule has 1 rings (SSSR count). The Morgan fingerprint density at radius 2 is 2.12 bits per heavy atom. The SMILES string of the molecule is CN(CCOCC1CC1)CCC(C)(O)CN.